The minimum atomic E-state index is -1.21. The summed E-state index contributed by atoms with van der Waals surface area (Å²) in [5.41, 5.74) is 3.35. The molecule has 5 rings (SSSR count). The predicted molar refractivity (Wildman–Crippen MR) is 125 cm³/mol. The molecule has 2 aliphatic rings. The molecule has 174 valence electrons. The van der Waals surface area contributed by atoms with Crippen LogP contribution in [0, 0.1) is 20.8 Å². The van der Waals surface area contributed by atoms with Crippen LogP contribution in [0.15, 0.2) is 48.5 Å². The zero-order valence-corrected chi connectivity index (χ0v) is 19.2. The highest BCUT2D eigenvalue weighted by Gasteiger charge is 2.55. The largest absolute Gasteiger partial charge is 0.493 e. The van der Waals surface area contributed by atoms with Gasteiger partial charge in [0.1, 0.15) is 12.3 Å². The molecule has 0 bridgehead atoms. The van der Waals surface area contributed by atoms with Gasteiger partial charge in [-0.2, -0.15) is 5.10 Å². The van der Waals surface area contributed by atoms with E-state index in [-0.39, 0.29) is 0 Å². The summed E-state index contributed by atoms with van der Waals surface area (Å²) in [4.78, 5) is 40.0. The van der Waals surface area contributed by atoms with E-state index < -0.39 is 29.9 Å². The molecule has 0 aliphatic carbocycles. The van der Waals surface area contributed by atoms with Crippen molar-refractivity contribution in [1.29, 1.82) is 0 Å². The first-order chi connectivity index (χ1) is 16.3. The number of ether oxygens (including phenoxy) is 1. The van der Waals surface area contributed by atoms with Gasteiger partial charge < -0.3 is 15.4 Å². The molecule has 4 amide bonds. The van der Waals surface area contributed by atoms with E-state index in [0.717, 1.165) is 21.8 Å². The molecule has 3 aromatic rings. The monoisotopic (exact) mass is 459 g/mol. The van der Waals surface area contributed by atoms with Gasteiger partial charge in [-0.1, -0.05) is 35.9 Å². The Hall–Kier alpha value is -4.14. The molecule has 2 N–H and O–H groups in total. The number of aromatic nitrogens is 2. The highest BCUT2D eigenvalue weighted by Crippen LogP contribution is 2.40. The van der Waals surface area contributed by atoms with Gasteiger partial charge in [-0.3, -0.25) is 14.5 Å². The van der Waals surface area contributed by atoms with Crippen LogP contribution >= 0.6 is 0 Å². The number of nitrogens with one attached hydrogen (secondary N) is 2. The summed E-state index contributed by atoms with van der Waals surface area (Å²) >= 11 is 0. The van der Waals surface area contributed by atoms with Gasteiger partial charge in [-0.15, -0.1) is 0 Å². The Balaban J connectivity index is 1.36. The fourth-order valence-electron chi connectivity index (χ4n) is 4.60. The lowest BCUT2D eigenvalue weighted by Gasteiger charge is -2.33. The van der Waals surface area contributed by atoms with Crippen molar-refractivity contribution in [2.75, 3.05) is 18.5 Å². The lowest BCUT2D eigenvalue weighted by atomic mass is 9.84. The Morgan fingerprint density at radius 2 is 1.85 bits per heavy atom. The molecule has 0 saturated carbocycles. The first-order valence-corrected chi connectivity index (χ1v) is 11.1. The average molecular weight is 460 g/mol. The van der Waals surface area contributed by atoms with E-state index >= 15 is 0 Å². The third-order valence-electron chi connectivity index (χ3n) is 6.39. The molecule has 34 heavy (non-hydrogen) atoms. The van der Waals surface area contributed by atoms with E-state index in [0.29, 0.717) is 35.7 Å². The molecule has 2 aliphatic heterocycles. The van der Waals surface area contributed by atoms with Gasteiger partial charge in [0.25, 0.3) is 5.91 Å². The van der Waals surface area contributed by atoms with Gasteiger partial charge in [0.15, 0.2) is 5.54 Å². The number of carbonyl (C=O) groups excluding carboxylic acids is 3. The van der Waals surface area contributed by atoms with E-state index in [1.54, 1.807) is 29.8 Å². The molecule has 2 aromatic carbocycles. The number of carbonyl (C=O) groups is 3. The molecule has 9 nitrogen and oxygen atoms in total. The summed E-state index contributed by atoms with van der Waals surface area (Å²) in [5.74, 6) is -0.369. The minimum Gasteiger partial charge on any atom is -0.493 e. The summed E-state index contributed by atoms with van der Waals surface area (Å²) in [7, 11) is 0. The predicted octanol–water partition coefficient (Wildman–Crippen LogP) is 2.97. The number of nitrogens with zero attached hydrogens (tertiary/aromatic N) is 3. The molecular weight excluding hydrogens is 434 g/mol. The van der Waals surface area contributed by atoms with Crippen molar-refractivity contribution < 1.29 is 19.1 Å². The molecule has 3 heterocycles. The van der Waals surface area contributed by atoms with Gasteiger partial charge in [0, 0.05) is 12.0 Å². The Kier molecular flexibility index (Phi) is 5.11. The molecule has 0 unspecified atom stereocenters. The fraction of sp³-hybridized carbons (Fsp3) is 0.280. The maximum Gasteiger partial charge on any atom is 0.325 e. The zero-order valence-electron chi connectivity index (χ0n) is 19.2. The van der Waals surface area contributed by atoms with Crippen molar-refractivity contribution in [3.05, 3.63) is 71.0 Å². The molecule has 0 radical (unpaired) electrons. The maximum absolute atomic E-state index is 13.4. The number of rotatable bonds is 4. The van der Waals surface area contributed by atoms with Crippen molar-refractivity contribution in [1.82, 2.24) is 20.0 Å². The molecule has 1 atom stereocenters. The highest BCUT2D eigenvalue weighted by atomic mass is 16.5. The molecular formula is C25H25N5O4. The maximum atomic E-state index is 13.4. The second-order valence-corrected chi connectivity index (χ2v) is 8.66. The van der Waals surface area contributed by atoms with Gasteiger partial charge in [-0.25, -0.2) is 9.48 Å². The van der Waals surface area contributed by atoms with E-state index in [1.807, 2.05) is 44.2 Å². The molecule has 1 fully saturated rings. The van der Waals surface area contributed by atoms with Crippen molar-refractivity contribution >= 4 is 23.5 Å². The smallest absolute Gasteiger partial charge is 0.325 e. The van der Waals surface area contributed by atoms with Crippen LogP contribution in [0.3, 0.4) is 0 Å². The van der Waals surface area contributed by atoms with Crippen LogP contribution in [0.25, 0.3) is 5.69 Å². The van der Waals surface area contributed by atoms with Crippen molar-refractivity contribution in [2.24, 2.45) is 0 Å². The molecule has 1 spiro atoms. The van der Waals surface area contributed by atoms with Crippen LogP contribution in [0.5, 0.6) is 5.75 Å². The summed E-state index contributed by atoms with van der Waals surface area (Å²) in [6.07, 6.45) is 0.300. The lowest BCUT2D eigenvalue weighted by Crippen LogP contribution is -2.48. The van der Waals surface area contributed by atoms with Crippen LogP contribution in [0.1, 0.15) is 28.9 Å². The number of amides is 4. The molecule has 1 saturated heterocycles. The van der Waals surface area contributed by atoms with Crippen LogP contribution < -0.4 is 15.4 Å². The zero-order chi connectivity index (χ0) is 24.0. The van der Waals surface area contributed by atoms with Gasteiger partial charge in [0.2, 0.25) is 5.91 Å². The normalized spacial score (nSPS) is 19.1. The quantitative estimate of drug-likeness (QED) is 0.584. The van der Waals surface area contributed by atoms with E-state index in [1.165, 1.54) is 0 Å². The van der Waals surface area contributed by atoms with Crippen LogP contribution in [-0.2, 0) is 15.1 Å². The number of urea groups is 1. The van der Waals surface area contributed by atoms with Crippen molar-refractivity contribution in [3.8, 4) is 11.4 Å². The number of anilines is 1. The second-order valence-electron chi connectivity index (χ2n) is 8.66. The van der Waals surface area contributed by atoms with E-state index in [9.17, 15) is 14.4 Å². The number of imide groups is 1. The Morgan fingerprint density at radius 1 is 1.12 bits per heavy atom. The van der Waals surface area contributed by atoms with Crippen LogP contribution in [0.2, 0.25) is 0 Å². The standard InChI is InChI=1S/C25H25N5O4/c1-15-8-10-18(11-9-15)30-17(3)22(16(2)28-30)26-21(31)14-29-23(32)25(27-24(29)33)12-13-34-20-7-5-4-6-19(20)25/h4-11H,12-14H2,1-3H3,(H,26,31)(H,27,33)/t25-/m0/s1. The molecule has 1 aromatic heterocycles. The number of fused-ring (bicyclic) bond motifs is 2. The summed E-state index contributed by atoms with van der Waals surface area (Å²) in [6, 6.07) is 14.4. The number of aryl methyl sites for hydroxylation is 2. The fourth-order valence-corrected chi connectivity index (χ4v) is 4.60. The second kappa shape index (κ2) is 8.02. The number of hydrogen-bond acceptors (Lipinski definition) is 5. The Labute approximate surface area is 196 Å². The summed E-state index contributed by atoms with van der Waals surface area (Å²) < 4.78 is 7.41. The average Bonchev–Trinajstić information content (AvgIpc) is 3.23. The first-order valence-electron chi connectivity index (χ1n) is 11.1. The van der Waals surface area contributed by atoms with Crippen LogP contribution in [-0.4, -0.2) is 45.7 Å². The number of para-hydroxylation sites is 1. The minimum absolute atomic E-state index is 0.291. The first kappa shape index (κ1) is 21.7. The third kappa shape index (κ3) is 3.40. The molecule has 9 heteroatoms. The lowest BCUT2D eigenvalue weighted by molar-refractivity contribution is -0.135. The number of benzene rings is 2. The van der Waals surface area contributed by atoms with E-state index in [2.05, 4.69) is 15.7 Å². The third-order valence-corrected chi connectivity index (χ3v) is 6.39. The topological polar surface area (TPSA) is 106 Å². The van der Waals surface area contributed by atoms with Crippen LogP contribution in [0.4, 0.5) is 10.5 Å². The Bertz CT molecular complexity index is 1310. The van der Waals surface area contributed by atoms with Gasteiger partial charge >= 0.3 is 6.03 Å². The van der Waals surface area contributed by atoms with Gasteiger partial charge in [0.05, 0.1) is 29.4 Å². The number of hydrogen-bond donors (Lipinski definition) is 2. The van der Waals surface area contributed by atoms with E-state index in [4.69, 9.17) is 4.74 Å². The SMILES string of the molecule is Cc1ccc(-n2nc(C)c(NC(=O)CN3C(=O)N[C@]4(CCOc5ccccc54)C3=O)c2C)cc1. The highest BCUT2D eigenvalue weighted by molar-refractivity contribution is 6.10. The van der Waals surface area contributed by atoms with Crippen molar-refractivity contribution in [3.63, 3.8) is 0 Å². The van der Waals surface area contributed by atoms with Gasteiger partial charge in [-0.05, 0) is 39.0 Å². The van der Waals surface area contributed by atoms with Crippen molar-refractivity contribution in [2.45, 2.75) is 32.7 Å². The summed E-state index contributed by atoms with van der Waals surface area (Å²) in [5, 5.41) is 10.2. The summed E-state index contributed by atoms with van der Waals surface area (Å²) in [6.45, 7) is 5.56. The Morgan fingerprint density at radius 3 is 2.62 bits per heavy atom.